The molecule has 0 saturated carbocycles. The zero-order chi connectivity index (χ0) is 20.3. The van der Waals surface area contributed by atoms with Gasteiger partial charge in [0.15, 0.2) is 0 Å². The zero-order valence-electron chi connectivity index (χ0n) is 16.3. The highest BCUT2D eigenvalue weighted by Crippen LogP contribution is 2.54. The molecule has 1 aromatic rings. The van der Waals surface area contributed by atoms with Gasteiger partial charge in [-0.3, -0.25) is 14.3 Å². The molecule has 8 nitrogen and oxygen atoms in total. The van der Waals surface area contributed by atoms with Gasteiger partial charge in [0.25, 0.3) is 5.91 Å². The Balaban J connectivity index is 3.05. The van der Waals surface area contributed by atoms with Crippen molar-refractivity contribution < 1.29 is 28.3 Å². The van der Waals surface area contributed by atoms with Crippen LogP contribution in [0.3, 0.4) is 0 Å². The Labute approximate surface area is 160 Å². The fraction of sp³-hybridized carbons (Fsp3) is 0.556. The van der Waals surface area contributed by atoms with E-state index >= 15 is 0 Å². The summed E-state index contributed by atoms with van der Waals surface area (Å²) in [4.78, 5) is 16.2. The van der Waals surface area contributed by atoms with Crippen molar-refractivity contribution in [3.8, 4) is 0 Å². The van der Waals surface area contributed by atoms with Crippen LogP contribution in [0.15, 0.2) is 36.2 Å². The van der Waals surface area contributed by atoms with Gasteiger partial charge in [0.05, 0.1) is 25.9 Å². The minimum atomic E-state index is -3.68. The Kier molecular flexibility index (Phi) is 10.4. The van der Waals surface area contributed by atoms with Crippen molar-refractivity contribution in [1.29, 1.82) is 0 Å². The summed E-state index contributed by atoms with van der Waals surface area (Å²) in [6.45, 7) is 5.60. The van der Waals surface area contributed by atoms with Crippen LogP contribution < -0.4 is 5.32 Å². The van der Waals surface area contributed by atoms with Crippen LogP contribution in [0.5, 0.6) is 0 Å². The maximum absolute atomic E-state index is 13.3. The minimum Gasteiger partial charge on any atom is -0.388 e. The lowest BCUT2D eigenvalue weighted by Crippen LogP contribution is -2.40. The Morgan fingerprint density at radius 2 is 1.89 bits per heavy atom. The monoisotopic (exact) mass is 400 g/mol. The predicted molar refractivity (Wildman–Crippen MR) is 103 cm³/mol. The fourth-order valence-electron chi connectivity index (χ4n) is 2.43. The predicted octanol–water partition coefficient (Wildman–Crippen LogP) is 2.40. The summed E-state index contributed by atoms with van der Waals surface area (Å²) in [7, 11) is -2.14. The third-order valence-electron chi connectivity index (χ3n) is 3.84. The van der Waals surface area contributed by atoms with Crippen molar-refractivity contribution >= 4 is 13.5 Å². The molecule has 0 spiro atoms. The second-order valence-electron chi connectivity index (χ2n) is 5.74. The number of methoxy groups -OCH3 is 1. The number of aliphatic hydroxyl groups is 1. The van der Waals surface area contributed by atoms with E-state index in [-0.39, 0.29) is 25.7 Å². The Morgan fingerprint density at radius 3 is 2.41 bits per heavy atom. The lowest BCUT2D eigenvalue weighted by atomic mass is 10.1. The number of rotatable bonds is 12. The largest absolute Gasteiger partial charge is 0.388 e. The quantitative estimate of drug-likeness (QED) is 0.410. The average Bonchev–Trinajstić information content (AvgIpc) is 2.66. The van der Waals surface area contributed by atoms with Crippen LogP contribution in [0.1, 0.15) is 31.1 Å². The molecule has 9 heteroatoms. The minimum absolute atomic E-state index is 0.0856. The summed E-state index contributed by atoms with van der Waals surface area (Å²) in [5.74, 6) is -0.368. The maximum atomic E-state index is 13.3. The van der Waals surface area contributed by atoms with Gasteiger partial charge < -0.3 is 24.2 Å². The first-order chi connectivity index (χ1) is 12.9. The van der Waals surface area contributed by atoms with Crippen LogP contribution >= 0.6 is 7.60 Å². The molecule has 0 aromatic carbocycles. The molecule has 0 saturated heterocycles. The smallest absolute Gasteiger partial charge is 0.338 e. The SMILES string of the molecule is CCOP(=O)(OCC)C(CNC(=O)c1ccncc1)C(O)/C(C)=C/COC. The highest BCUT2D eigenvalue weighted by molar-refractivity contribution is 7.54. The van der Waals surface area contributed by atoms with Crippen molar-refractivity contribution in [2.45, 2.75) is 32.5 Å². The van der Waals surface area contributed by atoms with E-state index in [4.69, 9.17) is 13.8 Å². The van der Waals surface area contributed by atoms with Crippen LogP contribution in [0.2, 0.25) is 0 Å². The van der Waals surface area contributed by atoms with Gasteiger partial charge >= 0.3 is 7.60 Å². The van der Waals surface area contributed by atoms with E-state index in [1.165, 1.54) is 19.5 Å². The van der Waals surface area contributed by atoms with E-state index < -0.39 is 19.4 Å². The van der Waals surface area contributed by atoms with Crippen molar-refractivity contribution in [1.82, 2.24) is 10.3 Å². The molecule has 152 valence electrons. The topological polar surface area (TPSA) is 107 Å². The third-order valence-corrected chi connectivity index (χ3v) is 6.36. The van der Waals surface area contributed by atoms with Crippen molar-refractivity contribution in [2.24, 2.45) is 0 Å². The van der Waals surface area contributed by atoms with Crippen LogP contribution in [-0.4, -0.2) is 61.2 Å². The van der Waals surface area contributed by atoms with E-state index in [1.807, 2.05) is 0 Å². The number of aromatic nitrogens is 1. The molecule has 1 heterocycles. The Hall–Kier alpha value is -1.57. The fourth-order valence-corrected chi connectivity index (χ4v) is 4.50. The summed E-state index contributed by atoms with van der Waals surface area (Å²) in [5, 5.41) is 13.5. The number of nitrogens with one attached hydrogen (secondary N) is 1. The number of hydrogen-bond acceptors (Lipinski definition) is 7. The standard InChI is InChI=1S/C18H29N2O6P/c1-5-25-27(23,26-6-2)16(17(21)14(3)9-12-24-4)13-20-18(22)15-7-10-19-11-8-15/h7-11,16-17,21H,5-6,12-13H2,1-4H3,(H,20,22)/b14-9+. The number of aliphatic hydroxyl groups excluding tert-OH is 1. The summed E-state index contributed by atoms with van der Waals surface area (Å²) < 4.78 is 29.0. The highest BCUT2D eigenvalue weighted by Gasteiger charge is 2.41. The normalized spacial score (nSPS) is 14.6. The Morgan fingerprint density at radius 1 is 1.30 bits per heavy atom. The summed E-state index contributed by atoms with van der Waals surface area (Å²) >= 11 is 0. The molecule has 2 unspecified atom stereocenters. The number of ether oxygens (including phenoxy) is 1. The summed E-state index contributed by atoms with van der Waals surface area (Å²) in [6.07, 6.45) is 3.56. The summed E-state index contributed by atoms with van der Waals surface area (Å²) in [6, 6.07) is 3.13. The first-order valence-corrected chi connectivity index (χ1v) is 10.4. The molecule has 0 radical (unpaired) electrons. The van der Waals surface area contributed by atoms with Gasteiger partial charge in [0, 0.05) is 31.6 Å². The van der Waals surface area contributed by atoms with Gasteiger partial charge in [0.2, 0.25) is 0 Å². The number of carbonyl (C=O) groups is 1. The van der Waals surface area contributed by atoms with Crippen LogP contribution in [0, 0.1) is 0 Å². The maximum Gasteiger partial charge on any atom is 0.338 e. The van der Waals surface area contributed by atoms with Gasteiger partial charge in [-0.1, -0.05) is 6.08 Å². The van der Waals surface area contributed by atoms with Crippen LogP contribution in [0.4, 0.5) is 0 Å². The second-order valence-corrected chi connectivity index (χ2v) is 8.00. The highest BCUT2D eigenvalue weighted by atomic mass is 31.2. The molecule has 2 N–H and O–H groups in total. The molecule has 1 aromatic heterocycles. The first-order valence-electron chi connectivity index (χ1n) is 8.80. The van der Waals surface area contributed by atoms with E-state index in [0.29, 0.717) is 17.7 Å². The lowest BCUT2D eigenvalue weighted by Gasteiger charge is -2.30. The molecule has 1 amide bonds. The summed E-state index contributed by atoms with van der Waals surface area (Å²) in [5.41, 5.74) is 0.00322. The van der Waals surface area contributed by atoms with E-state index in [9.17, 15) is 14.5 Å². The molecular weight excluding hydrogens is 371 g/mol. The van der Waals surface area contributed by atoms with Gasteiger partial charge in [0.1, 0.15) is 5.66 Å². The molecule has 0 aliphatic rings. The van der Waals surface area contributed by atoms with Crippen molar-refractivity contribution in [2.75, 3.05) is 33.5 Å². The molecule has 0 bridgehead atoms. The van der Waals surface area contributed by atoms with Gasteiger partial charge in [-0.05, 0) is 38.5 Å². The van der Waals surface area contributed by atoms with E-state index in [2.05, 4.69) is 10.3 Å². The average molecular weight is 400 g/mol. The van der Waals surface area contributed by atoms with Crippen molar-refractivity contribution in [3.63, 3.8) is 0 Å². The van der Waals surface area contributed by atoms with Gasteiger partial charge in [-0.25, -0.2) is 0 Å². The van der Waals surface area contributed by atoms with Gasteiger partial charge in [-0.15, -0.1) is 0 Å². The number of carbonyl (C=O) groups excluding carboxylic acids is 1. The lowest BCUT2D eigenvalue weighted by molar-refractivity contribution is 0.0943. The van der Waals surface area contributed by atoms with Gasteiger partial charge in [-0.2, -0.15) is 0 Å². The molecule has 0 aliphatic carbocycles. The molecule has 2 atom stereocenters. The number of nitrogens with zero attached hydrogens (tertiary/aromatic N) is 1. The second kappa shape index (κ2) is 12.0. The van der Waals surface area contributed by atoms with E-state index in [1.54, 1.807) is 39.0 Å². The first kappa shape index (κ1) is 23.5. The van der Waals surface area contributed by atoms with Crippen molar-refractivity contribution in [3.05, 3.63) is 41.7 Å². The number of pyridine rings is 1. The zero-order valence-corrected chi connectivity index (χ0v) is 17.1. The Bertz CT molecular complexity index is 643. The number of hydrogen-bond donors (Lipinski definition) is 2. The molecule has 0 fully saturated rings. The third kappa shape index (κ3) is 7.16. The number of amides is 1. The van der Waals surface area contributed by atoms with E-state index in [0.717, 1.165) is 0 Å². The van der Waals surface area contributed by atoms with Crippen LogP contribution in [0.25, 0.3) is 0 Å². The van der Waals surface area contributed by atoms with Crippen LogP contribution in [-0.2, 0) is 18.3 Å². The molecule has 1 rings (SSSR count). The molecule has 0 aliphatic heterocycles. The molecule has 27 heavy (non-hydrogen) atoms. The molecular formula is C18H29N2O6P.